The minimum atomic E-state index is -0.496. The van der Waals surface area contributed by atoms with Crippen molar-refractivity contribution in [2.24, 2.45) is 5.73 Å². The summed E-state index contributed by atoms with van der Waals surface area (Å²) in [6, 6.07) is -0.496. The van der Waals surface area contributed by atoms with Crippen LogP contribution in [0.3, 0.4) is 0 Å². The molecule has 13 heavy (non-hydrogen) atoms. The highest BCUT2D eigenvalue weighted by atomic mass is 16.2. The van der Waals surface area contributed by atoms with Crippen molar-refractivity contribution in [2.45, 2.75) is 45.6 Å². The van der Waals surface area contributed by atoms with E-state index >= 15 is 0 Å². The topological polar surface area (TPSA) is 72.2 Å². The van der Waals surface area contributed by atoms with Crippen molar-refractivity contribution in [3.8, 4) is 0 Å². The molecule has 2 amide bonds. The summed E-state index contributed by atoms with van der Waals surface area (Å²) < 4.78 is 0. The van der Waals surface area contributed by atoms with Gasteiger partial charge in [0, 0.05) is 6.92 Å². The zero-order valence-electron chi connectivity index (χ0n) is 8.30. The maximum Gasteiger partial charge on any atom is 0.239 e. The monoisotopic (exact) mass is 186 g/mol. The van der Waals surface area contributed by atoms with Gasteiger partial charge in [0.25, 0.3) is 0 Å². The molecule has 1 unspecified atom stereocenters. The Morgan fingerprint density at radius 3 is 2.38 bits per heavy atom. The maximum atomic E-state index is 10.8. The van der Waals surface area contributed by atoms with E-state index in [0.29, 0.717) is 6.42 Å². The van der Waals surface area contributed by atoms with E-state index < -0.39 is 11.9 Å². The summed E-state index contributed by atoms with van der Waals surface area (Å²) in [6.07, 6.45) is 3.71. The average molecular weight is 186 g/mol. The SMILES string of the molecule is CCCCCC(NC(C)=O)C(N)=O. The van der Waals surface area contributed by atoms with E-state index in [9.17, 15) is 9.59 Å². The van der Waals surface area contributed by atoms with Crippen LogP contribution in [0.1, 0.15) is 39.5 Å². The van der Waals surface area contributed by atoms with Crippen molar-refractivity contribution in [1.29, 1.82) is 0 Å². The molecule has 0 aromatic heterocycles. The van der Waals surface area contributed by atoms with Gasteiger partial charge in [0.1, 0.15) is 6.04 Å². The van der Waals surface area contributed by atoms with E-state index in [1.165, 1.54) is 6.92 Å². The number of nitrogens with two attached hydrogens (primary N) is 1. The fourth-order valence-electron chi connectivity index (χ4n) is 1.13. The van der Waals surface area contributed by atoms with E-state index in [1.54, 1.807) is 0 Å². The number of hydrogen-bond acceptors (Lipinski definition) is 2. The highest BCUT2D eigenvalue weighted by molar-refractivity contribution is 5.85. The lowest BCUT2D eigenvalue weighted by Crippen LogP contribution is -2.43. The molecule has 3 N–H and O–H groups in total. The van der Waals surface area contributed by atoms with E-state index in [0.717, 1.165) is 19.3 Å². The van der Waals surface area contributed by atoms with Crippen molar-refractivity contribution in [3.05, 3.63) is 0 Å². The molecule has 0 spiro atoms. The molecule has 76 valence electrons. The van der Waals surface area contributed by atoms with Crippen molar-refractivity contribution in [1.82, 2.24) is 5.32 Å². The van der Waals surface area contributed by atoms with E-state index in [1.807, 2.05) is 0 Å². The van der Waals surface area contributed by atoms with Gasteiger partial charge in [-0.15, -0.1) is 0 Å². The summed E-state index contributed by atoms with van der Waals surface area (Å²) in [5.74, 6) is -0.661. The number of carbonyl (C=O) groups is 2. The van der Waals surface area contributed by atoms with Gasteiger partial charge in [0.2, 0.25) is 11.8 Å². The van der Waals surface area contributed by atoms with Crippen LogP contribution in [0.4, 0.5) is 0 Å². The molecule has 0 aliphatic carbocycles. The maximum absolute atomic E-state index is 10.8. The van der Waals surface area contributed by atoms with Crippen LogP contribution < -0.4 is 11.1 Å². The van der Waals surface area contributed by atoms with Gasteiger partial charge >= 0.3 is 0 Å². The zero-order chi connectivity index (χ0) is 10.3. The lowest BCUT2D eigenvalue weighted by atomic mass is 10.1. The number of amides is 2. The first kappa shape index (κ1) is 11.9. The summed E-state index contributed by atoms with van der Waals surface area (Å²) >= 11 is 0. The van der Waals surface area contributed by atoms with Crippen molar-refractivity contribution in [3.63, 3.8) is 0 Å². The summed E-state index contributed by atoms with van der Waals surface area (Å²) in [7, 11) is 0. The molecule has 0 saturated heterocycles. The van der Waals surface area contributed by atoms with Gasteiger partial charge in [0.15, 0.2) is 0 Å². The molecule has 1 atom stereocenters. The first-order valence-electron chi connectivity index (χ1n) is 4.64. The molecule has 0 aliphatic heterocycles. The molecular formula is C9H18N2O2. The van der Waals surface area contributed by atoms with E-state index in [4.69, 9.17) is 5.73 Å². The molecule has 0 radical (unpaired) electrons. The average Bonchev–Trinajstić information content (AvgIpc) is 2.02. The molecular weight excluding hydrogens is 168 g/mol. The molecule has 0 rings (SSSR count). The first-order chi connectivity index (χ1) is 6.07. The van der Waals surface area contributed by atoms with E-state index in [-0.39, 0.29) is 5.91 Å². The van der Waals surface area contributed by atoms with Crippen LogP contribution >= 0.6 is 0 Å². The van der Waals surface area contributed by atoms with Gasteiger partial charge in [-0.1, -0.05) is 26.2 Å². The van der Waals surface area contributed by atoms with Crippen molar-refractivity contribution < 1.29 is 9.59 Å². The third kappa shape index (κ3) is 6.13. The van der Waals surface area contributed by atoms with E-state index in [2.05, 4.69) is 12.2 Å². The molecule has 0 bridgehead atoms. The van der Waals surface area contributed by atoms with Gasteiger partial charge in [-0.25, -0.2) is 0 Å². The second-order valence-electron chi connectivity index (χ2n) is 3.15. The predicted molar refractivity (Wildman–Crippen MR) is 50.9 cm³/mol. The minimum Gasteiger partial charge on any atom is -0.368 e. The molecule has 0 aliphatic rings. The van der Waals surface area contributed by atoms with Gasteiger partial charge in [-0.3, -0.25) is 9.59 Å². The summed E-state index contributed by atoms with van der Waals surface area (Å²) in [5, 5.41) is 2.52. The van der Waals surface area contributed by atoms with Gasteiger partial charge in [-0.2, -0.15) is 0 Å². The third-order valence-corrected chi connectivity index (χ3v) is 1.82. The largest absolute Gasteiger partial charge is 0.368 e. The Morgan fingerprint density at radius 2 is 2.00 bits per heavy atom. The van der Waals surface area contributed by atoms with Crippen LogP contribution in [0.2, 0.25) is 0 Å². The zero-order valence-corrected chi connectivity index (χ0v) is 8.30. The summed E-state index contributed by atoms with van der Waals surface area (Å²) in [6.45, 7) is 3.47. The van der Waals surface area contributed by atoms with Crippen LogP contribution in [0, 0.1) is 0 Å². The summed E-state index contributed by atoms with van der Waals surface area (Å²) in [5.41, 5.74) is 5.11. The van der Waals surface area contributed by atoms with Gasteiger partial charge in [0.05, 0.1) is 0 Å². The highest BCUT2D eigenvalue weighted by Crippen LogP contribution is 2.02. The smallest absolute Gasteiger partial charge is 0.239 e. The fourth-order valence-corrected chi connectivity index (χ4v) is 1.13. The quantitative estimate of drug-likeness (QED) is 0.595. The molecule has 0 aromatic carbocycles. The lowest BCUT2D eigenvalue weighted by Gasteiger charge is -2.13. The standard InChI is InChI=1S/C9H18N2O2/c1-3-4-5-6-8(9(10)13)11-7(2)12/h8H,3-6H2,1-2H3,(H2,10,13)(H,11,12). The van der Waals surface area contributed by atoms with Crippen molar-refractivity contribution in [2.75, 3.05) is 0 Å². The number of nitrogens with one attached hydrogen (secondary N) is 1. The Hall–Kier alpha value is -1.06. The second-order valence-corrected chi connectivity index (χ2v) is 3.15. The Labute approximate surface area is 78.9 Å². The normalized spacial score (nSPS) is 12.2. The lowest BCUT2D eigenvalue weighted by molar-refractivity contribution is -0.126. The fraction of sp³-hybridized carbons (Fsp3) is 0.778. The predicted octanol–water partition coefficient (Wildman–Crippen LogP) is 0.557. The number of primary amides is 1. The number of rotatable bonds is 6. The van der Waals surface area contributed by atoms with Crippen LogP contribution in [0.25, 0.3) is 0 Å². The summed E-state index contributed by atoms with van der Waals surface area (Å²) in [4.78, 5) is 21.5. The Morgan fingerprint density at radius 1 is 1.38 bits per heavy atom. The second kappa shape index (κ2) is 6.46. The molecule has 0 aromatic rings. The van der Waals surface area contributed by atoms with Crippen LogP contribution in [-0.4, -0.2) is 17.9 Å². The molecule has 0 saturated carbocycles. The minimum absolute atomic E-state index is 0.208. The number of carbonyl (C=O) groups excluding carboxylic acids is 2. The van der Waals surface area contributed by atoms with Crippen molar-refractivity contribution >= 4 is 11.8 Å². The highest BCUT2D eigenvalue weighted by Gasteiger charge is 2.14. The van der Waals surface area contributed by atoms with Crippen LogP contribution in [0.5, 0.6) is 0 Å². The third-order valence-electron chi connectivity index (χ3n) is 1.82. The molecule has 4 heteroatoms. The Kier molecular flexibility index (Phi) is 5.93. The van der Waals surface area contributed by atoms with Crippen LogP contribution in [-0.2, 0) is 9.59 Å². The van der Waals surface area contributed by atoms with Gasteiger partial charge < -0.3 is 11.1 Å². The number of hydrogen-bond donors (Lipinski definition) is 2. The molecule has 0 fully saturated rings. The molecule has 0 heterocycles. The first-order valence-corrected chi connectivity index (χ1v) is 4.64. The van der Waals surface area contributed by atoms with Crippen LogP contribution in [0.15, 0.2) is 0 Å². The Balaban J connectivity index is 3.81. The Bertz CT molecular complexity index is 180. The molecule has 4 nitrogen and oxygen atoms in total. The van der Waals surface area contributed by atoms with Gasteiger partial charge in [-0.05, 0) is 6.42 Å². The number of unbranched alkanes of at least 4 members (excludes halogenated alkanes) is 2.